The Hall–Kier alpha value is -3.02. The third kappa shape index (κ3) is 10.2. The standard InChI is InChI=1S/C28H44N8O3/c29-14-16-38-18-19-39-17-15-30-25(37)21-8-7-13-24(20-21)33-28-35-26(31-22-9-3-1-4-10-22)34-27(36-28)32-23-11-5-2-6-12-23/h7-8,13,20,22-23H,1-6,9-12,14-19,29H2,(H,30,37)(H3,31,32,33,34,35,36). The Morgan fingerprint density at radius 2 is 1.38 bits per heavy atom. The predicted octanol–water partition coefficient (Wildman–Crippen LogP) is 3.83. The maximum absolute atomic E-state index is 12.7. The third-order valence-corrected chi connectivity index (χ3v) is 7.06. The monoisotopic (exact) mass is 540 g/mol. The van der Waals surface area contributed by atoms with E-state index in [2.05, 4.69) is 31.2 Å². The second kappa shape index (κ2) is 16.2. The maximum atomic E-state index is 12.7. The van der Waals surface area contributed by atoms with E-state index in [4.69, 9.17) is 20.2 Å². The largest absolute Gasteiger partial charge is 0.378 e. The summed E-state index contributed by atoms with van der Waals surface area (Å²) in [6, 6.07) is 8.07. The number of anilines is 4. The Kier molecular flexibility index (Phi) is 12.0. The Balaban J connectivity index is 1.36. The van der Waals surface area contributed by atoms with Crippen molar-refractivity contribution >= 4 is 29.4 Å². The summed E-state index contributed by atoms with van der Waals surface area (Å²) < 4.78 is 10.7. The second-order valence-corrected chi connectivity index (χ2v) is 10.2. The fraction of sp³-hybridized carbons (Fsp3) is 0.643. The zero-order valence-corrected chi connectivity index (χ0v) is 22.9. The molecule has 2 aliphatic carbocycles. The number of aromatic nitrogens is 3. The lowest BCUT2D eigenvalue weighted by Crippen LogP contribution is -2.27. The predicted molar refractivity (Wildman–Crippen MR) is 154 cm³/mol. The normalized spacial score (nSPS) is 16.5. The van der Waals surface area contributed by atoms with Gasteiger partial charge in [-0.1, -0.05) is 44.6 Å². The highest BCUT2D eigenvalue weighted by molar-refractivity contribution is 5.95. The topological polar surface area (TPSA) is 148 Å². The molecule has 11 nitrogen and oxygen atoms in total. The van der Waals surface area contributed by atoms with Gasteiger partial charge in [0.25, 0.3) is 5.91 Å². The lowest BCUT2D eigenvalue weighted by Gasteiger charge is -2.25. The van der Waals surface area contributed by atoms with Crippen LogP contribution in [0.5, 0.6) is 0 Å². The Labute approximate surface area is 231 Å². The number of ether oxygens (including phenoxy) is 2. The number of hydrogen-bond acceptors (Lipinski definition) is 10. The van der Waals surface area contributed by atoms with Gasteiger partial charge in [-0.15, -0.1) is 0 Å². The molecule has 2 aliphatic rings. The summed E-state index contributed by atoms with van der Waals surface area (Å²) in [6.07, 6.45) is 12.0. The zero-order valence-electron chi connectivity index (χ0n) is 22.9. The molecule has 0 unspecified atom stereocenters. The SMILES string of the molecule is NCCOCCOCCNC(=O)c1cccc(Nc2nc(NC3CCCCC3)nc(NC3CCCCC3)n2)c1. The molecule has 11 heteroatoms. The molecule has 1 aromatic carbocycles. The fourth-order valence-electron chi connectivity index (χ4n) is 5.03. The minimum absolute atomic E-state index is 0.170. The molecule has 6 N–H and O–H groups in total. The Bertz CT molecular complexity index is 974. The van der Waals surface area contributed by atoms with Crippen LogP contribution in [0.25, 0.3) is 0 Å². The number of nitrogens with two attached hydrogens (primary N) is 1. The number of rotatable bonds is 15. The van der Waals surface area contributed by atoms with Gasteiger partial charge in [0.2, 0.25) is 17.8 Å². The molecule has 0 bridgehead atoms. The van der Waals surface area contributed by atoms with E-state index in [1.165, 1.54) is 38.5 Å². The van der Waals surface area contributed by atoms with Gasteiger partial charge in [-0.25, -0.2) is 0 Å². The van der Waals surface area contributed by atoms with Crippen LogP contribution in [0, 0.1) is 0 Å². The number of carbonyl (C=O) groups is 1. The molecule has 0 saturated heterocycles. The van der Waals surface area contributed by atoms with Crippen molar-refractivity contribution in [3.05, 3.63) is 29.8 Å². The van der Waals surface area contributed by atoms with Gasteiger partial charge in [0.1, 0.15) is 0 Å². The summed E-state index contributed by atoms with van der Waals surface area (Å²) in [6.45, 7) is 2.80. The minimum atomic E-state index is -0.170. The summed E-state index contributed by atoms with van der Waals surface area (Å²) in [4.78, 5) is 26.7. The van der Waals surface area contributed by atoms with Gasteiger partial charge in [0.15, 0.2) is 0 Å². The van der Waals surface area contributed by atoms with E-state index < -0.39 is 0 Å². The Morgan fingerprint density at radius 1 is 0.795 bits per heavy atom. The lowest BCUT2D eigenvalue weighted by atomic mass is 9.96. The molecule has 0 spiro atoms. The van der Waals surface area contributed by atoms with Gasteiger partial charge >= 0.3 is 0 Å². The van der Waals surface area contributed by atoms with E-state index in [9.17, 15) is 4.79 Å². The van der Waals surface area contributed by atoms with E-state index in [1.807, 2.05) is 12.1 Å². The van der Waals surface area contributed by atoms with Crippen molar-refractivity contribution < 1.29 is 14.3 Å². The van der Waals surface area contributed by atoms with Crippen LogP contribution < -0.4 is 27.0 Å². The number of nitrogens with one attached hydrogen (secondary N) is 4. The molecular weight excluding hydrogens is 496 g/mol. The van der Waals surface area contributed by atoms with Gasteiger partial charge in [0, 0.05) is 36.4 Å². The van der Waals surface area contributed by atoms with Crippen LogP contribution in [0.4, 0.5) is 23.5 Å². The molecule has 1 heterocycles. The third-order valence-electron chi connectivity index (χ3n) is 7.06. The van der Waals surface area contributed by atoms with Crippen LogP contribution in [0.2, 0.25) is 0 Å². The second-order valence-electron chi connectivity index (χ2n) is 10.2. The van der Waals surface area contributed by atoms with Crippen LogP contribution in [0.15, 0.2) is 24.3 Å². The molecule has 1 aromatic heterocycles. The molecule has 1 amide bonds. The molecule has 0 atom stereocenters. The Morgan fingerprint density at radius 3 is 2.00 bits per heavy atom. The summed E-state index contributed by atoms with van der Waals surface area (Å²) >= 11 is 0. The molecule has 39 heavy (non-hydrogen) atoms. The highest BCUT2D eigenvalue weighted by Crippen LogP contribution is 2.24. The first-order valence-corrected chi connectivity index (χ1v) is 14.5. The van der Waals surface area contributed by atoms with Crippen molar-refractivity contribution in [2.75, 3.05) is 55.5 Å². The van der Waals surface area contributed by atoms with Crippen LogP contribution in [0.1, 0.15) is 74.6 Å². The number of carbonyl (C=O) groups excluding carboxylic acids is 1. The minimum Gasteiger partial charge on any atom is -0.378 e. The first-order valence-electron chi connectivity index (χ1n) is 14.5. The van der Waals surface area contributed by atoms with Gasteiger partial charge in [-0.05, 0) is 43.9 Å². The van der Waals surface area contributed by atoms with Crippen molar-refractivity contribution in [2.45, 2.75) is 76.3 Å². The molecule has 214 valence electrons. The van der Waals surface area contributed by atoms with Crippen LogP contribution in [0.3, 0.4) is 0 Å². The maximum Gasteiger partial charge on any atom is 0.251 e. The van der Waals surface area contributed by atoms with Crippen molar-refractivity contribution in [2.24, 2.45) is 5.73 Å². The van der Waals surface area contributed by atoms with Gasteiger partial charge < -0.3 is 36.5 Å². The zero-order chi connectivity index (χ0) is 27.1. The van der Waals surface area contributed by atoms with Crippen molar-refractivity contribution in [1.29, 1.82) is 0 Å². The van der Waals surface area contributed by atoms with Gasteiger partial charge in [0.05, 0.1) is 26.4 Å². The molecule has 2 saturated carbocycles. The average molecular weight is 541 g/mol. The summed E-state index contributed by atoms with van der Waals surface area (Å²) in [5.74, 6) is 1.45. The van der Waals surface area contributed by atoms with Gasteiger partial charge in [-0.3, -0.25) is 4.79 Å². The number of amides is 1. The molecular formula is C28H44N8O3. The highest BCUT2D eigenvalue weighted by atomic mass is 16.5. The van der Waals surface area contributed by atoms with E-state index in [1.54, 1.807) is 12.1 Å². The summed E-state index contributed by atoms with van der Waals surface area (Å²) in [5.41, 5.74) is 6.66. The van der Waals surface area contributed by atoms with Crippen molar-refractivity contribution in [3.63, 3.8) is 0 Å². The molecule has 2 aromatic rings. The van der Waals surface area contributed by atoms with Crippen LogP contribution in [-0.4, -0.2) is 72.5 Å². The first kappa shape index (κ1) is 29.0. The van der Waals surface area contributed by atoms with Crippen LogP contribution in [-0.2, 0) is 9.47 Å². The molecule has 4 rings (SSSR count). The van der Waals surface area contributed by atoms with Crippen molar-refractivity contribution in [1.82, 2.24) is 20.3 Å². The van der Waals surface area contributed by atoms with E-state index >= 15 is 0 Å². The quantitative estimate of drug-likeness (QED) is 0.211. The fourth-order valence-corrected chi connectivity index (χ4v) is 5.03. The smallest absolute Gasteiger partial charge is 0.251 e. The summed E-state index contributed by atoms with van der Waals surface area (Å²) in [5, 5.41) is 13.2. The first-order chi connectivity index (χ1) is 19.2. The number of nitrogens with zero attached hydrogens (tertiary/aromatic N) is 3. The van der Waals surface area contributed by atoms with E-state index in [-0.39, 0.29) is 5.91 Å². The summed E-state index contributed by atoms with van der Waals surface area (Å²) in [7, 11) is 0. The van der Waals surface area contributed by atoms with E-state index in [0.29, 0.717) is 75.0 Å². The van der Waals surface area contributed by atoms with E-state index in [0.717, 1.165) is 31.4 Å². The van der Waals surface area contributed by atoms with Gasteiger partial charge in [-0.2, -0.15) is 15.0 Å². The number of benzene rings is 1. The molecule has 0 radical (unpaired) electrons. The molecule has 2 fully saturated rings. The highest BCUT2D eigenvalue weighted by Gasteiger charge is 2.18. The van der Waals surface area contributed by atoms with Crippen LogP contribution >= 0.6 is 0 Å². The van der Waals surface area contributed by atoms with Crippen molar-refractivity contribution in [3.8, 4) is 0 Å². The number of hydrogen-bond donors (Lipinski definition) is 5. The molecule has 0 aliphatic heterocycles. The lowest BCUT2D eigenvalue weighted by molar-refractivity contribution is 0.0511. The average Bonchev–Trinajstić information content (AvgIpc) is 2.95.